The van der Waals surface area contributed by atoms with Crippen LogP contribution in [0.25, 0.3) is 0 Å². The van der Waals surface area contributed by atoms with Gasteiger partial charge in [-0.3, -0.25) is 4.79 Å². The Bertz CT molecular complexity index is 223. The molecule has 0 saturated carbocycles. The smallest absolute Gasteiger partial charge is 0.216 e. The normalized spacial score (nSPS) is 36.3. The molecule has 6 nitrogen and oxygen atoms in total. The third-order valence-corrected chi connectivity index (χ3v) is 2.53. The van der Waals surface area contributed by atoms with E-state index in [1.807, 2.05) is 0 Å². The van der Waals surface area contributed by atoms with Crippen LogP contribution in [-0.2, 0) is 9.53 Å². The van der Waals surface area contributed by atoms with Gasteiger partial charge in [0.15, 0.2) is 0 Å². The Morgan fingerprint density at radius 2 is 2.13 bits per heavy atom. The van der Waals surface area contributed by atoms with Gasteiger partial charge < -0.3 is 25.4 Å². The summed E-state index contributed by atoms with van der Waals surface area (Å²) in [4.78, 5) is 10.7. The number of carbonyl (C=O) groups is 1. The Hall–Kier alpha value is -0.690. The highest BCUT2D eigenvalue weighted by Crippen LogP contribution is 2.19. The third-order valence-electron chi connectivity index (χ3n) is 2.53. The first-order valence-electron chi connectivity index (χ1n) is 4.89. The minimum absolute atomic E-state index is 0.194. The van der Waals surface area contributed by atoms with E-state index in [0.29, 0.717) is 0 Å². The third kappa shape index (κ3) is 3.13. The first kappa shape index (κ1) is 12.4. The first-order valence-corrected chi connectivity index (χ1v) is 4.89. The zero-order valence-corrected chi connectivity index (χ0v) is 8.59. The molecule has 0 unspecified atom stereocenters. The molecule has 1 aliphatic rings. The van der Waals surface area contributed by atoms with Crippen LogP contribution < -0.4 is 5.32 Å². The SMILES string of the molecule is CC(=O)NC[C@@H]1CO[C@H](CO)[C@H](O)[C@@H]1O. The van der Waals surface area contributed by atoms with E-state index in [-0.39, 0.29) is 31.6 Å². The van der Waals surface area contributed by atoms with Gasteiger partial charge in [0.2, 0.25) is 5.91 Å². The second kappa shape index (κ2) is 5.41. The topological polar surface area (TPSA) is 99.0 Å². The van der Waals surface area contributed by atoms with Crippen molar-refractivity contribution in [3.8, 4) is 0 Å². The van der Waals surface area contributed by atoms with Gasteiger partial charge in [-0.25, -0.2) is 0 Å². The highest BCUT2D eigenvalue weighted by Gasteiger charge is 2.37. The van der Waals surface area contributed by atoms with Crippen molar-refractivity contribution in [2.45, 2.75) is 25.2 Å². The maximum absolute atomic E-state index is 10.7. The van der Waals surface area contributed by atoms with Crippen molar-refractivity contribution in [2.75, 3.05) is 19.8 Å². The van der Waals surface area contributed by atoms with E-state index in [4.69, 9.17) is 9.84 Å². The summed E-state index contributed by atoms with van der Waals surface area (Å²) in [5, 5.41) is 30.5. The Morgan fingerprint density at radius 3 is 2.67 bits per heavy atom. The van der Waals surface area contributed by atoms with E-state index in [1.54, 1.807) is 0 Å². The summed E-state index contributed by atoms with van der Waals surface area (Å²) >= 11 is 0. The van der Waals surface area contributed by atoms with E-state index >= 15 is 0 Å². The molecule has 4 N–H and O–H groups in total. The van der Waals surface area contributed by atoms with Crippen molar-refractivity contribution >= 4 is 5.91 Å². The summed E-state index contributed by atoms with van der Waals surface area (Å²) in [6, 6.07) is 0. The van der Waals surface area contributed by atoms with Gasteiger partial charge >= 0.3 is 0 Å². The van der Waals surface area contributed by atoms with E-state index in [9.17, 15) is 15.0 Å². The van der Waals surface area contributed by atoms with Crippen LogP contribution in [0.4, 0.5) is 0 Å². The van der Waals surface area contributed by atoms with Gasteiger partial charge in [-0.1, -0.05) is 0 Å². The Labute approximate surface area is 87.9 Å². The quantitative estimate of drug-likeness (QED) is 0.434. The molecule has 4 atom stereocenters. The average Bonchev–Trinajstić information content (AvgIpc) is 2.20. The number of hydrogen-bond acceptors (Lipinski definition) is 5. The van der Waals surface area contributed by atoms with Crippen molar-refractivity contribution in [3.63, 3.8) is 0 Å². The predicted octanol–water partition coefficient (Wildman–Crippen LogP) is -2.15. The molecule has 6 heteroatoms. The molecule has 0 aliphatic carbocycles. The number of carbonyl (C=O) groups excluding carboxylic acids is 1. The van der Waals surface area contributed by atoms with E-state index in [0.717, 1.165) is 0 Å². The molecule has 0 spiro atoms. The summed E-state index contributed by atoms with van der Waals surface area (Å²) in [5.74, 6) is -0.535. The highest BCUT2D eigenvalue weighted by atomic mass is 16.5. The number of aliphatic hydroxyl groups excluding tert-OH is 3. The lowest BCUT2D eigenvalue weighted by atomic mass is 9.92. The molecule has 1 saturated heterocycles. The molecule has 0 radical (unpaired) electrons. The monoisotopic (exact) mass is 219 g/mol. The van der Waals surface area contributed by atoms with Gasteiger partial charge in [-0.05, 0) is 0 Å². The van der Waals surface area contributed by atoms with E-state index in [2.05, 4.69) is 5.32 Å². The molecule has 1 rings (SSSR count). The summed E-state index contributed by atoms with van der Waals surface area (Å²) in [5.41, 5.74) is 0. The largest absolute Gasteiger partial charge is 0.394 e. The maximum Gasteiger partial charge on any atom is 0.216 e. The Kier molecular flexibility index (Phi) is 4.46. The number of hydrogen-bond donors (Lipinski definition) is 4. The number of rotatable bonds is 3. The molecular formula is C9H17NO5. The first-order chi connectivity index (χ1) is 7.06. The highest BCUT2D eigenvalue weighted by molar-refractivity contribution is 5.72. The number of ether oxygens (including phenoxy) is 1. The van der Waals surface area contributed by atoms with Gasteiger partial charge in [0, 0.05) is 19.4 Å². The van der Waals surface area contributed by atoms with Crippen LogP contribution in [0.15, 0.2) is 0 Å². The fourth-order valence-corrected chi connectivity index (χ4v) is 1.56. The Morgan fingerprint density at radius 1 is 1.47 bits per heavy atom. The van der Waals surface area contributed by atoms with E-state index < -0.39 is 18.3 Å². The molecule has 0 bridgehead atoms. The standard InChI is InChI=1S/C9H17NO5/c1-5(12)10-2-6-4-15-7(3-11)9(14)8(6)13/h6-9,11,13-14H,2-4H2,1H3,(H,10,12)/t6-,7-,8-,9+/m1/s1. The summed E-state index contributed by atoms with van der Waals surface area (Å²) < 4.78 is 5.14. The Balaban J connectivity index is 2.45. The predicted molar refractivity (Wildman–Crippen MR) is 51.0 cm³/mol. The van der Waals surface area contributed by atoms with Crippen molar-refractivity contribution in [2.24, 2.45) is 5.92 Å². The lowest BCUT2D eigenvalue weighted by molar-refractivity contribution is -0.173. The lowest BCUT2D eigenvalue weighted by Gasteiger charge is -2.36. The van der Waals surface area contributed by atoms with Crippen LogP contribution in [-0.4, -0.2) is 59.3 Å². The van der Waals surface area contributed by atoms with Crippen LogP contribution in [0.3, 0.4) is 0 Å². The molecule has 1 amide bonds. The van der Waals surface area contributed by atoms with Crippen LogP contribution in [0.5, 0.6) is 0 Å². The average molecular weight is 219 g/mol. The van der Waals surface area contributed by atoms with Gasteiger partial charge in [0.1, 0.15) is 12.2 Å². The minimum Gasteiger partial charge on any atom is -0.394 e. The number of nitrogens with one attached hydrogen (secondary N) is 1. The zero-order chi connectivity index (χ0) is 11.4. The van der Waals surface area contributed by atoms with Gasteiger partial charge in [0.05, 0.1) is 19.3 Å². The zero-order valence-electron chi connectivity index (χ0n) is 8.59. The molecule has 88 valence electrons. The fraction of sp³-hybridized carbons (Fsp3) is 0.889. The molecule has 1 fully saturated rings. The number of aliphatic hydroxyl groups is 3. The second-order valence-corrected chi connectivity index (χ2v) is 3.73. The van der Waals surface area contributed by atoms with Crippen molar-refractivity contribution < 1.29 is 24.9 Å². The number of amides is 1. The summed E-state index contributed by atoms with van der Waals surface area (Å²) in [6.45, 7) is 1.52. The molecule has 1 heterocycles. The van der Waals surface area contributed by atoms with Crippen LogP contribution in [0.1, 0.15) is 6.92 Å². The van der Waals surface area contributed by atoms with Crippen molar-refractivity contribution in [3.05, 3.63) is 0 Å². The molecule has 15 heavy (non-hydrogen) atoms. The maximum atomic E-state index is 10.7. The summed E-state index contributed by atoms with van der Waals surface area (Å²) in [6.07, 6.45) is -2.83. The second-order valence-electron chi connectivity index (χ2n) is 3.73. The van der Waals surface area contributed by atoms with Crippen LogP contribution in [0, 0.1) is 5.92 Å². The van der Waals surface area contributed by atoms with Crippen LogP contribution >= 0.6 is 0 Å². The van der Waals surface area contributed by atoms with Crippen molar-refractivity contribution in [1.82, 2.24) is 5.32 Å². The van der Waals surface area contributed by atoms with Gasteiger partial charge in [0.25, 0.3) is 0 Å². The van der Waals surface area contributed by atoms with Crippen molar-refractivity contribution in [1.29, 1.82) is 0 Å². The lowest BCUT2D eigenvalue weighted by Crippen LogP contribution is -2.54. The molecule has 0 aromatic carbocycles. The fourth-order valence-electron chi connectivity index (χ4n) is 1.56. The molecule has 1 aliphatic heterocycles. The van der Waals surface area contributed by atoms with E-state index in [1.165, 1.54) is 6.92 Å². The van der Waals surface area contributed by atoms with Gasteiger partial charge in [-0.2, -0.15) is 0 Å². The minimum atomic E-state index is -1.11. The molecule has 0 aromatic heterocycles. The van der Waals surface area contributed by atoms with Crippen LogP contribution in [0.2, 0.25) is 0 Å². The van der Waals surface area contributed by atoms with Gasteiger partial charge in [-0.15, -0.1) is 0 Å². The molecular weight excluding hydrogens is 202 g/mol. The molecule has 0 aromatic rings. The summed E-state index contributed by atoms with van der Waals surface area (Å²) in [7, 11) is 0.